The molecule has 0 aromatic rings. The summed E-state index contributed by atoms with van der Waals surface area (Å²) in [6.07, 6.45) is 4.62. The summed E-state index contributed by atoms with van der Waals surface area (Å²) in [5, 5.41) is 9.01. The van der Waals surface area contributed by atoms with E-state index in [0.29, 0.717) is 0 Å². The minimum Gasteiger partial charge on any atom is -0.481 e. The van der Waals surface area contributed by atoms with Crippen LogP contribution in [0, 0.1) is 23.7 Å². The van der Waals surface area contributed by atoms with Gasteiger partial charge in [-0.2, -0.15) is 0 Å². The van der Waals surface area contributed by atoms with E-state index >= 15 is 0 Å². The first-order valence-electron chi connectivity index (χ1n) is 4.64. The molecule has 0 heterocycles. The molecule has 4 heteroatoms. The minimum atomic E-state index is -0.891. The summed E-state index contributed by atoms with van der Waals surface area (Å²) in [7, 11) is 1.30. The van der Waals surface area contributed by atoms with E-state index in [0.717, 1.165) is 6.42 Å². The highest BCUT2D eigenvalue weighted by atomic mass is 16.5. The van der Waals surface area contributed by atoms with E-state index in [9.17, 15) is 9.59 Å². The van der Waals surface area contributed by atoms with E-state index < -0.39 is 23.8 Å². The maximum absolute atomic E-state index is 11.4. The van der Waals surface area contributed by atoms with Crippen LogP contribution < -0.4 is 0 Å². The van der Waals surface area contributed by atoms with Gasteiger partial charge in [-0.1, -0.05) is 12.2 Å². The Kier molecular flexibility index (Phi) is 2.06. The number of carboxylic acid groups (broad SMARTS) is 1. The van der Waals surface area contributed by atoms with Crippen molar-refractivity contribution in [3.05, 3.63) is 12.2 Å². The van der Waals surface area contributed by atoms with Gasteiger partial charge < -0.3 is 9.84 Å². The van der Waals surface area contributed by atoms with Crippen LogP contribution in [0.4, 0.5) is 0 Å². The smallest absolute Gasteiger partial charge is 0.310 e. The van der Waals surface area contributed by atoms with Gasteiger partial charge in [-0.05, 0) is 18.3 Å². The van der Waals surface area contributed by atoms with Gasteiger partial charge in [0.2, 0.25) is 0 Å². The Morgan fingerprint density at radius 3 is 2.36 bits per heavy atom. The second-order valence-corrected chi connectivity index (χ2v) is 3.86. The van der Waals surface area contributed by atoms with Crippen LogP contribution >= 0.6 is 0 Å². The molecule has 1 N–H and O–H groups in total. The number of rotatable bonds is 2. The van der Waals surface area contributed by atoms with Crippen LogP contribution in [0.3, 0.4) is 0 Å². The van der Waals surface area contributed by atoms with E-state index in [-0.39, 0.29) is 11.8 Å². The average Bonchev–Trinajstić information content (AvgIpc) is 2.74. The van der Waals surface area contributed by atoms with Crippen LogP contribution in [0.2, 0.25) is 0 Å². The molecule has 1 saturated carbocycles. The van der Waals surface area contributed by atoms with Gasteiger partial charge in [-0.3, -0.25) is 9.59 Å². The van der Waals surface area contributed by atoms with Crippen molar-refractivity contribution in [1.29, 1.82) is 0 Å². The summed E-state index contributed by atoms with van der Waals surface area (Å²) in [4.78, 5) is 22.4. The summed E-state index contributed by atoms with van der Waals surface area (Å²) in [5.74, 6) is -2.27. The molecule has 0 spiro atoms. The summed E-state index contributed by atoms with van der Waals surface area (Å²) in [6, 6.07) is 0. The van der Waals surface area contributed by atoms with Crippen molar-refractivity contribution in [2.75, 3.05) is 7.11 Å². The molecular weight excluding hydrogens is 184 g/mol. The zero-order valence-corrected chi connectivity index (χ0v) is 7.84. The molecule has 0 aromatic carbocycles. The molecule has 2 rings (SSSR count). The number of carboxylic acids is 1. The number of hydrogen-bond donors (Lipinski definition) is 1. The molecule has 4 nitrogen and oxygen atoms in total. The Bertz CT molecular complexity index is 307. The molecule has 14 heavy (non-hydrogen) atoms. The number of ether oxygens (including phenoxy) is 1. The monoisotopic (exact) mass is 196 g/mol. The largest absolute Gasteiger partial charge is 0.481 e. The highest BCUT2D eigenvalue weighted by Gasteiger charge is 2.52. The zero-order valence-electron chi connectivity index (χ0n) is 7.84. The topological polar surface area (TPSA) is 63.6 Å². The van der Waals surface area contributed by atoms with Crippen LogP contribution in [0.1, 0.15) is 6.42 Å². The lowest BCUT2D eigenvalue weighted by Gasteiger charge is -2.21. The molecule has 0 unspecified atom stereocenters. The first-order chi connectivity index (χ1) is 6.65. The van der Waals surface area contributed by atoms with Crippen LogP contribution in [0.15, 0.2) is 12.2 Å². The number of methoxy groups -OCH3 is 1. The standard InChI is InChI=1S/C10H12O4/c1-14-10(13)8-6-3-2-5(4-6)7(8)9(11)12/h2-3,5-8H,4H2,1H3,(H,11,12)/t5-,6-,7+,8+/m1/s1. The Labute approximate surface area is 81.6 Å². The maximum Gasteiger partial charge on any atom is 0.310 e. The molecule has 0 saturated heterocycles. The predicted octanol–water partition coefficient (Wildman–Crippen LogP) is 0.682. The Morgan fingerprint density at radius 2 is 1.86 bits per heavy atom. The Hall–Kier alpha value is -1.32. The van der Waals surface area contributed by atoms with E-state index in [4.69, 9.17) is 5.11 Å². The van der Waals surface area contributed by atoms with Crippen molar-refractivity contribution in [1.82, 2.24) is 0 Å². The number of hydrogen-bond acceptors (Lipinski definition) is 3. The van der Waals surface area contributed by atoms with Gasteiger partial charge in [0.05, 0.1) is 18.9 Å². The Morgan fingerprint density at radius 1 is 1.29 bits per heavy atom. The van der Waals surface area contributed by atoms with Crippen molar-refractivity contribution >= 4 is 11.9 Å². The van der Waals surface area contributed by atoms with Gasteiger partial charge in [-0.25, -0.2) is 0 Å². The molecule has 0 amide bonds. The van der Waals surface area contributed by atoms with Crippen molar-refractivity contribution in [2.24, 2.45) is 23.7 Å². The number of aliphatic carboxylic acids is 1. The summed E-state index contributed by atoms with van der Waals surface area (Å²) in [5.41, 5.74) is 0. The molecular formula is C10H12O4. The fraction of sp³-hybridized carbons (Fsp3) is 0.600. The van der Waals surface area contributed by atoms with Gasteiger partial charge >= 0.3 is 11.9 Å². The van der Waals surface area contributed by atoms with E-state index in [1.807, 2.05) is 12.2 Å². The van der Waals surface area contributed by atoms with E-state index in [1.54, 1.807) is 0 Å². The Balaban J connectivity index is 2.26. The van der Waals surface area contributed by atoms with Crippen LogP contribution in [-0.2, 0) is 14.3 Å². The fourth-order valence-electron chi connectivity index (χ4n) is 2.62. The lowest BCUT2D eigenvalue weighted by atomic mass is 9.83. The van der Waals surface area contributed by atoms with Gasteiger partial charge in [0.1, 0.15) is 0 Å². The van der Waals surface area contributed by atoms with E-state index in [1.165, 1.54) is 7.11 Å². The van der Waals surface area contributed by atoms with E-state index in [2.05, 4.69) is 4.74 Å². The maximum atomic E-state index is 11.4. The molecule has 0 aromatic heterocycles. The van der Waals surface area contributed by atoms with Gasteiger partial charge in [0.25, 0.3) is 0 Å². The first kappa shape index (κ1) is 9.24. The lowest BCUT2D eigenvalue weighted by molar-refractivity contribution is -0.156. The molecule has 2 bridgehead atoms. The number of carbonyl (C=O) groups is 2. The normalized spacial score (nSPS) is 38.6. The van der Waals surface area contributed by atoms with Crippen molar-refractivity contribution in [3.63, 3.8) is 0 Å². The third kappa shape index (κ3) is 1.14. The third-order valence-electron chi connectivity index (χ3n) is 3.22. The average molecular weight is 196 g/mol. The van der Waals surface area contributed by atoms with Crippen LogP contribution in [-0.4, -0.2) is 24.2 Å². The van der Waals surface area contributed by atoms with Crippen molar-refractivity contribution < 1.29 is 19.4 Å². The highest BCUT2D eigenvalue weighted by molar-refractivity contribution is 5.83. The molecule has 4 atom stereocenters. The van der Waals surface area contributed by atoms with Gasteiger partial charge in [0, 0.05) is 0 Å². The third-order valence-corrected chi connectivity index (χ3v) is 3.22. The number of carbonyl (C=O) groups excluding carboxylic acids is 1. The molecule has 0 aliphatic heterocycles. The quantitative estimate of drug-likeness (QED) is 0.521. The van der Waals surface area contributed by atoms with Crippen LogP contribution in [0.25, 0.3) is 0 Å². The number of fused-ring (bicyclic) bond motifs is 2. The lowest BCUT2D eigenvalue weighted by Crippen LogP contribution is -2.33. The zero-order chi connectivity index (χ0) is 10.3. The summed E-state index contributed by atoms with van der Waals surface area (Å²) < 4.78 is 4.63. The minimum absolute atomic E-state index is 0.0154. The molecule has 2 aliphatic carbocycles. The van der Waals surface area contributed by atoms with Gasteiger partial charge in [0.15, 0.2) is 0 Å². The predicted molar refractivity (Wildman–Crippen MR) is 47.4 cm³/mol. The molecule has 2 aliphatic rings. The highest BCUT2D eigenvalue weighted by Crippen LogP contribution is 2.48. The SMILES string of the molecule is COC(=O)[C@@H]1[C@@H](C(=O)O)[C@@H]2C=C[C@@H]1C2. The second-order valence-electron chi connectivity index (χ2n) is 3.86. The molecule has 76 valence electrons. The molecule has 0 radical (unpaired) electrons. The summed E-state index contributed by atoms with van der Waals surface area (Å²) in [6.45, 7) is 0. The fourth-order valence-corrected chi connectivity index (χ4v) is 2.62. The summed E-state index contributed by atoms with van der Waals surface area (Å²) >= 11 is 0. The number of allylic oxidation sites excluding steroid dienone is 2. The second kappa shape index (κ2) is 3.12. The van der Waals surface area contributed by atoms with Crippen molar-refractivity contribution in [3.8, 4) is 0 Å². The number of esters is 1. The van der Waals surface area contributed by atoms with Gasteiger partial charge in [-0.15, -0.1) is 0 Å². The molecule has 1 fully saturated rings. The van der Waals surface area contributed by atoms with Crippen molar-refractivity contribution in [2.45, 2.75) is 6.42 Å². The van der Waals surface area contributed by atoms with Crippen LogP contribution in [0.5, 0.6) is 0 Å². The first-order valence-corrected chi connectivity index (χ1v) is 4.64.